The van der Waals surface area contributed by atoms with Gasteiger partial charge >= 0.3 is 0 Å². The van der Waals surface area contributed by atoms with Crippen LogP contribution in [0.5, 0.6) is 0 Å². The van der Waals surface area contributed by atoms with Crippen molar-refractivity contribution in [2.45, 2.75) is 95.1 Å². The molecule has 3 rings (SSSR count). The van der Waals surface area contributed by atoms with Gasteiger partial charge < -0.3 is 44.3 Å². The molecule has 12 heteroatoms. The van der Waals surface area contributed by atoms with Crippen molar-refractivity contribution in [1.29, 1.82) is 0 Å². The monoisotopic (exact) mass is 509 g/mol. The van der Waals surface area contributed by atoms with Crippen molar-refractivity contribution < 1.29 is 52.6 Å². The van der Waals surface area contributed by atoms with E-state index < -0.39 is 79.3 Å². The number of alkyl halides is 2. The van der Waals surface area contributed by atoms with Crippen LogP contribution in [0.25, 0.3) is 0 Å². The molecule has 0 aromatic rings. The van der Waals surface area contributed by atoms with Gasteiger partial charge in [-0.1, -0.05) is 32.9 Å². The number of fused-ring (bicyclic) bond motifs is 1. The van der Waals surface area contributed by atoms with Crippen molar-refractivity contribution >= 4 is 5.91 Å². The minimum Gasteiger partial charge on any atom is -0.394 e. The fourth-order valence-electron chi connectivity index (χ4n) is 4.80. The van der Waals surface area contributed by atoms with Crippen molar-refractivity contribution in [1.82, 2.24) is 5.32 Å². The molecule has 0 saturated carbocycles. The van der Waals surface area contributed by atoms with Gasteiger partial charge in [-0.2, -0.15) is 0 Å². The molecule has 0 bridgehead atoms. The molecule has 0 unspecified atom stereocenters. The van der Waals surface area contributed by atoms with Gasteiger partial charge in [-0.25, -0.2) is 8.78 Å². The number of hydrogen-bond donors (Lipinski definition) is 4. The first-order valence-electron chi connectivity index (χ1n) is 11.7. The molecule has 10 nitrogen and oxygen atoms in total. The predicted octanol–water partition coefficient (Wildman–Crippen LogP) is 0.679. The lowest BCUT2D eigenvalue weighted by Crippen LogP contribution is -2.71. The number of aliphatic hydroxyl groups is 3. The van der Waals surface area contributed by atoms with E-state index in [1.54, 1.807) is 6.92 Å². The number of hydrogen-bond acceptors (Lipinski definition) is 9. The van der Waals surface area contributed by atoms with E-state index in [1.807, 2.05) is 6.92 Å². The Morgan fingerprint density at radius 2 is 1.94 bits per heavy atom. The van der Waals surface area contributed by atoms with Crippen LogP contribution in [-0.2, 0) is 28.5 Å². The first kappa shape index (κ1) is 28.3. The Morgan fingerprint density at radius 1 is 1.29 bits per heavy atom. The number of carbonyl (C=O) groups excluding carboxylic acids is 1. The normalized spacial score (nSPS) is 40.5. The average molecular weight is 510 g/mol. The Kier molecular flexibility index (Phi) is 8.30. The van der Waals surface area contributed by atoms with Crippen LogP contribution in [0.1, 0.15) is 40.5 Å². The van der Waals surface area contributed by atoms with Crippen molar-refractivity contribution in [3.05, 3.63) is 12.2 Å². The lowest BCUT2D eigenvalue weighted by Gasteiger charge is -2.54. The standard InChI is InChI=1S/C23H37F2NO9/c1-11-8-22(31-6,35-13(3)12(11)2)17(29)19(30)26-20-16-18(32-10-33-20)23(24,25)21(4,5)15(34-16)7-14(28)9-27/h12-18,20,27-29H,1,7-10H2,2-6H3,(H,26,30)/t12-,13-,14+,15-,16+,17-,18+,20+,22-/m1/s1. The molecule has 9 atom stereocenters. The lowest BCUT2D eigenvalue weighted by atomic mass is 9.71. The van der Waals surface area contributed by atoms with Gasteiger partial charge in [0.2, 0.25) is 5.79 Å². The molecule has 4 N–H and O–H groups in total. The summed E-state index contributed by atoms with van der Waals surface area (Å²) in [7, 11) is 1.29. The quantitative estimate of drug-likeness (QED) is 0.365. The van der Waals surface area contributed by atoms with Crippen LogP contribution < -0.4 is 5.32 Å². The summed E-state index contributed by atoms with van der Waals surface area (Å²) in [5.74, 6) is -6.16. The van der Waals surface area contributed by atoms with Gasteiger partial charge in [-0.15, -0.1) is 0 Å². The summed E-state index contributed by atoms with van der Waals surface area (Å²) in [5, 5.41) is 32.4. The minimum atomic E-state index is -3.44. The van der Waals surface area contributed by atoms with Crippen LogP contribution in [0.4, 0.5) is 8.78 Å². The van der Waals surface area contributed by atoms with E-state index in [4.69, 9.17) is 23.7 Å². The fourth-order valence-corrected chi connectivity index (χ4v) is 4.80. The van der Waals surface area contributed by atoms with Crippen LogP contribution in [0, 0.1) is 11.3 Å². The molecule has 0 aromatic carbocycles. The fraction of sp³-hybridized carbons (Fsp3) is 0.870. The average Bonchev–Trinajstić information content (AvgIpc) is 2.80. The van der Waals surface area contributed by atoms with Crippen molar-refractivity contribution in [3.8, 4) is 0 Å². The molecule has 3 saturated heterocycles. The maximum Gasteiger partial charge on any atom is 0.283 e. The molecule has 0 radical (unpaired) electrons. The smallest absolute Gasteiger partial charge is 0.283 e. The van der Waals surface area contributed by atoms with Gasteiger partial charge in [0.25, 0.3) is 11.8 Å². The maximum atomic E-state index is 15.5. The molecule has 3 heterocycles. The summed E-state index contributed by atoms with van der Waals surface area (Å²) < 4.78 is 58.7. The molecule has 3 aliphatic rings. The Labute approximate surface area is 203 Å². The molecular weight excluding hydrogens is 472 g/mol. The van der Waals surface area contributed by atoms with Crippen molar-refractivity contribution in [3.63, 3.8) is 0 Å². The summed E-state index contributed by atoms with van der Waals surface area (Å²) in [6.45, 7) is 9.05. The Bertz CT molecular complexity index is 797. The predicted molar refractivity (Wildman–Crippen MR) is 117 cm³/mol. The van der Waals surface area contributed by atoms with Crippen molar-refractivity contribution in [2.24, 2.45) is 11.3 Å². The summed E-state index contributed by atoms with van der Waals surface area (Å²) in [6.07, 6.45) is -9.57. The highest BCUT2D eigenvalue weighted by Gasteiger charge is 2.66. The largest absolute Gasteiger partial charge is 0.394 e. The summed E-state index contributed by atoms with van der Waals surface area (Å²) in [5.41, 5.74) is -1.04. The zero-order chi connectivity index (χ0) is 26.3. The second-order valence-electron chi connectivity index (χ2n) is 10.2. The van der Waals surface area contributed by atoms with Crippen LogP contribution >= 0.6 is 0 Å². The Balaban J connectivity index is 1.81. The third-order valence-corrected chi connectivity index (χ3v) is 7.63. The van der Waals surface area contributed by atoms with E-state index in [0.717, 1.165) is 5.57 Å². The number of aliphatic hydroxyl groups excluding tert-OH is 3. The molecule has 0 aliphatic carbocycles. The van der Waals surface area contributed by atoms with Gasteiger partial charge in [0, 0.05) is 25.9 Å². The number of rotatable bonds is 7. The molecule has 202 valence electrons. The van der Waals surface area contributed by atoms with Crippen LogP contribution in [0.3, 0.4) is 0 Å². The van der Waals surface area contributed by atoms with E-state index in [0.29, 0.717) is 0 Å². The highest BCUT2D eigenvalue weighted by atomic mass is 19.3. The zero-order valence-electron chi connectivity index (χ0n) is 20.7. The molecule has 1 amide bonds. The minimum absolute atomic E-state index is 0.0273. The van der Waals surface area contributed by atoms with Crippen molar-refractivity contribution in [2.75, 3.05) is 20.5 Å². The van der Waals surface area contributed by atoms with Gasteiger partial charge in [0.15, 0.2) is 18.4 Å². The highest BCUT2D eigenvalue weighted by Crippen LogP contribution is 2.51. The first-order valence-corrected chi connectivity index (χ1v) is 11.7. The SMILES string of the molecule is C=C1C[C@](OC)([C@H](O)C(=O)N[C@H]2OCO[C@H]3[C@@H]2O[C@H](C[C@H](O)CO)C(C)(C)C3(F)F)O[C@H](C)[C@@H]1C. The molecule has 0 aromatic heterocycles. The van der Waals surface area contributed by atoms with Crippen LogP contribution in [-0.4, -0.2) is 96.3 Å². The van der Waals surface area contributed by atoms with E-state index in [2.05, 4.69) is 11.9 Å². The second kappa shape index (κ2) is 10.3. The van der Waals surface area contributed by atoms with Gasteiger partial charge in [-0.3, -0.25) is 4.79 Å². The number of nitrogens with one attached hydrogen (secondary N) is 1. The summed E-state index contributed by atoms with van der Waals surface area (Å²) >= 11 is 0. The molecular formula is C23H37F2NO9. The van der Waals surface area contributed by atoms with E-state index in [9.17, 15) is 20.1 Å². The van der Waals surface area contributed by atoms with E-state index in [1.165, 1.54) is 21.0 Å². The lowest BCUT2D eigenvalue weighted by molar-refractivity contribution is -0.372. The number of carbonyl (C=O) groups is 1. The number of ether oxygens (including phenoxy) is 5. The first-order chi connectivity index (χ1) is 16.2. The summed E-state index contributed by atoms with van der Waals surface area (Å²) in [6, 6.07) is 0. The zero-order valence-corrected chi connectivity index (χ0v) is 20.7. The Morgan fingerprint density at radius 3 is 2.51 bits per heavy atom. The Hall–Kier alpha value is -1.25. The van der Waals surface area contributed by atoms with Crippen LogP contribution in [0.15, 0.2) is 12.2 Å². The maximum absolute atomic E-state index is 15.5. The van der Waals surface area contributed by atoms with Gasteiger partial charge in [-0.05, 0) is 6.92 Å². The van der Waals surface area contributed by atoms with Gasteiger partial charge in [0.1, 0.15) is 12.9 Å². The number of amides is 1. The third kappa shape index (κ3) is 4.99. The topological polar surface area (TPSA) is 136 Å². The molecule has 35 heavy (non-hydrogen) atoms. The number of halogens is 2. The second-order valence-corrected chi connectivity index (χ2v) is 10.2. The van der Waals surface area contributed by atoms with Gasteiger partial charge in [0.05, 0.1) is 30.3 Å². The van der Waals surface area contributed by atoms with Crippen LogP contribution in [0.2, 0.25) is 0 Å². The molecule has 3 fully saturated rings. The summed E-state index contributed by atoms with van der Waals surface area (Å²) in [4.78, 5) is 13.1. The van der Waals surface area contributed by atoms with E-state index >= 15 is 8.78 Å². The molecule has 0 spiro atoms. The third-order valence-electron chi connectivity index (χ3n) is 7.63. The highest BCUT2D eigenvalue weighted by molar-refractivity contribution is 5.82. The molecule has 3 aliphatic heterocycles. The number of methoxy groups -OCH3 is 1. The van der Waals surface area contributed by atoms with E-state index in [-0.39, 0.29) is 18.8 Å².